The zero-order valence-corrected chi connectivity index (χ0v) is 16.2. The van der Waals surface area contributed by atoms with Gasteiger partial charge in [0.25, 0.3) is 0 Å². The van der Waals surface area contributed by atoms with Crippen LogP contribution in [0.25, 0.3) is 0 Å². The third kappa shape index (κ3) is 4.45. The van der Waals surface area contributed by atoms with E-state index in [4.69, 9.17) is 11.6 Å². The van der Waals surface area contributed by atoms with Gasteiger partial charge in [0.2, 0.25) is 11.6 Å². The molecule has 1 fully saturated rings. The van der Waals surface area contributed by atoms with E-state index in [1.165, 1.54) is 6.33 Å². The van der Waals surface area contributed by atoms with Crippen molar-refractivity contribution in [3.63, 3.8) is 0 Å². The summed E-state index contributed by atoms with van der Waals surface area (Å²) in [5.74, 6) is 0.538. The van der Waals surface area contributed by atoms with Gasteiger partial charge in [-0.3, -0.25) is 10.1 Å². The Kier molecular flexibility index (Phi) is 6.08. The molecule has 2 aromatic rings. The van der Waals surface area contributed by atoms with E-state index >= 15 is 0 Å². The van der Waals surface area contributed by atoms with Crippen LogP contribution in [0.1, 0.15) is 18.4 Å². The molecule has 0 spiro atoms. The maximum absolute atomic E-state index is 11.8. The second-order valence-electron chi connectivity index (χ2n) is 6.74. The summed E-state index contributed by atoms with van der Waals surface area (Å²) in [5, 5.41) is 15.4. The Balaban J connectivity index is 1.84. The first-order chi connectivity index (χ1) is 13.0. The number of aromatic nitrogens is 2. The predicted octanol–water partition coefficient (Wildman–Crippen LogP) is 3.18. The summed E-state index contributed by atoms with van der Waals surface area (Å²) in [4.78, 5) is 23.9. The number of piperidine rings is 1. The van der Waals surface area contributed by atoms with Crippen molar-refractivity contribution in [3.8, 4) is 0 Å². The van der Waals surface area contributed by atoms with Crippen LogP contribution in [-0.2, 0) is 6.54 Å². The molecule has 0 amide bonds. The number of benzene rings is 1. The van der Waals surface area contributed by atoms with Crippen molar-refractivity contribution in [2.45, 2.75) is 25.4 Å². The highest BCUT2D eigenvalue weighted by Gasteiger charge is 2.30. The van der Waals surface area contributed by atoms with Crippen molar-refractivity contribution in [1.82, 2.24) is 14.9 Å². The van der Waals surface area contributed by atoms with Gasteiger partial charge < -0.3 is 15.1 Å². The molecule has 1 saturated heterocycles. The average Bonchev–Trinajstić information content (AvgIpc) is 2.67. The second kappa shape index (κ2) is 8.49. The van der Waals surface area contributed by atoms with Crippen molar-refractivity contribution < 1.29 is 4.92 Å². The van der Waals surface area contributed by atoms with E-state index in [-0.39, 0.29) is 17.5 Å². The first-order valence-corrected chi connectivity index (χ1v) is 9.23. The van der Waals surface area contributed by atoms with Gasteiger partial charge in [0.05, 0.1) is 4.92 Å². The minimum absolute atomic E-state index is 0.106. The third-order valence-corrected chi connectivity index (χ3v) is 5.33. The molecule has 1 N–H and O–H groups in total. The van der Waals surface area contributed by atoms with Crippen LogP contribution in [0.3, 0.4) is 0 Å². The summed E-state index contributed by atoms with van der Waals surface area (Å²) in [6.07, 6.45) is 3.25. The van der Waals surface area contributed by atoms with Gasteiger partial charge in [-0.05, 0) is 44.6 Å². The molecule has 1 aromatic heterocycles. The second-order valence-corrected chi connectivity index (χ2v) is 7.15. The van der Waals surface area contributed by atoms with Crippen molar-refractivity contribution in [1.29, 1.82) is 0 Å². The van der Waals surface area contributed by atoms with Gasteiger partial charge in [-0.15, -0.1) is 0 Å². The molecule has 0 aliphatic carbocycles. The molecule has 0 bridgehead atoms. The Morgan fingerprint density at radius 1 is 1.33 bits per heavy atom. The molecule has 2 heterocycles. The normalized spacial score (nSPS) is 15.5. The summed E-state index contributed by atoms with van der Waals surface area (Å²) in [7, 11) is 3.95. The number of anilines is 2. The molecule has 0 atom stereocenters. The first kappa shape index (κ1) is 19.3. The zero-order chi connectivity index (χ0) is 19.4. The van der Waals surface area contributed by atoms with Crippen molar-refractivity contribution in [2.24, 2.45) is 0 Å². The molecular weight excluding hydrogens is 368 g/mol. The molecule has 27 heavy (non-hydrogen) atoms. The fourth-order valence-corrected chi connectivity index (χ4v) is 3.50. The van der Waals surface area contributed by atoms with E-state index in [1.54, 1.807) is 6.07 Å². The molecule has 0 saturated carbocycles. The standard InChI is InChI=1S/C18H23ClN6O2/c1-23-9-7-14(8-10-23)24(2)18-16(25(26)27)17(21-12-22-18)20-11-13-5-3-4-6-15(13)19/h3-6,12,14H,7-11H2,1-2H3,(H,20,21,22). The number of hydrogen-bond acceptors (Lipinski definition) is 7. The number of halogens is 1. The lowest BCUT2D eigenvalue weighted by Gasteiger charge is -2.35. The largest absolute Gasteiger partial charge is 0.360 e. The molecule has 0 unspecified atom stereocenters. The molecule has 144 valence electrons. The number of rotatable bonds is 6. The highest BCUT2D eigenvalue weighted by atomic mass is 35.5. The topological polar surface area (TPSA) is 87.4 Å². The van der Waals surface area contributed by atoms with Crippen molar-refractivity contribution in [2.75, 3.05) is 37.4 Å². The Morgan fingerprint density at radius 3 is 2.70 bits per heavy atom. The third-order valence-electron chi connectivity index (χ3n) is 4.96. The fourth-order valence-electron chi connectivity index (χ4n) is 3.30. The summed E-state index contributed by atoms with van der Waals surface area (Å²) in [5.41, 5.74) is 0.739. The van der Waals surface area contributed by atoms with Crippen LogP contribution in [0.15, 0.2) is 30.6 Å². The molecule has 8 nitrogen and oxygen atoms in total. The van der Waals surface area contributed by atoms with Gasteiger partial charge in [-0.25, -0.2) is 9.97 Å². The van der Waals surface area contributed by atoms with Crippen LogP contribution in [0.4, 0.5) is 17.3 Å². The molecule has 9 heteroatoms. The van der Waals surface area contributed by atoms with Crippen molar-refractivity contribution in [3.05, 3.63) is 51.3 Å². The quantitative estimate of drug-likeness (QED) is 0.598. The smallest absolute Gasteiger partial charge is 0.353 e. The van der Waals surface area contributed by atoms with E-state index in [1.807, 2.05) is 30.1 Å². The van der Waals surface area contributed by atoms with Crippen LogP contribution in [-0.4, -0.2) is 53.0 Å². The summed E-state index contributed by atoms with van der Waals surface area (Å²) in [6.45, 7) is 2.27. The van der Waals surface area contributed by atoms with E-state index in [9.17, 15) is 10.1 Å². The van der Waals surface area contributed by atoms with Crippen LogP contribution >= 0.6 is 11.6 Å². The Labute approximate surface area is 163 Å². The van der Waals surface area contributed by atoms with Crippen molar-refractivity contribution >= 4 is 28.9 Å². The Bertz CT molecular complexity index is 810. The number of nitrogens with zero attached hydrogens (tertiary/aromatic N) is 5. The van der Waals surface area contributed by atoms with Crippen LogP contribution < -0.4 is 10.2 Å². The number of likely N-dealkylation sites (tertiary alicyclic amines) is 1. The van der Waals surface area contributed by atoms with E-state index < -0.39 is 4.92 Å². The molecular formula is C18H23ClN6O2. The number of hydrogen-bond donors (Lipinski definition) is 1. The van der Waals surface area contributed by atoms with Gasteiger partial charge in [0, 0.05) is 24.7 Å². The average molecular weight is 391 g/mol. The first-order valence-electron chi connectivity index (χ1n) is 8.85. The highest BCUT2D eigenvalue weighted by molar-refractivity contribution is 6.31. The van der Waals surface area contributed by atoms with E-state index in [0.717, 1.165) is 31.5 Å². The molecule has 0 radical (unpaired) electrons. The molecule has 1 aliphatic heterocycles. The van der Waals surface area contributed by atoms with Gasteiger partial charge in [-0.2, -0.15) is 0 Å². The minimum atomic E-state index is -0.421. The summed E-state index contributed by atoms with van der Waals surface area (Å²) >= 11 is 6.17. The fraction of sp³-hybridized carbons (Fsp3) is 0.444. The highest BCUT2D eigenvalue weighted by Crippen LogP contribution is 2.34. The predicted molar refractivity (Wildman–Crippen MR) is 106 cm³/mol. The lowest BCUT2D eigenvalue weighted by Crippen LogP contribution is -2.42. The van der Waals surface area contributed by atoms with Gasteiger partial charge in [-0.1, -0.05) is 29.8 Å². The monoisotopic (exact) mass is 390 g/mol. The Morgan fingerprint density at radius 2 is 2.04 bits per heavy atom. The summed E-state index contributed by atoms with van der Waals surface area (Å²) < 4.78 is 0. The van der Waals surface area contributed by atoms with E-state index in [0.29, 0.717) is 17.4 Å². The lowest BCUT2D eigenvalue weighted by molar-refractivity contribution is -0.383. The maximum Gasteiger partial charge on any atom is 0.353 e. The van der Waals surface area contributed by atoms with Crippen LogP contribution in [0.5, 0.6) is 0 Å². The maximum atomic E-state index is 11.8. The lowest BCUT2D eigenvalue weighted by atomic mass is 10.0. The SMILES string of the molecule is CN1CCC(N(C)c2ncnc(NCc3ccccc3Cl)c2[N+](=O)[O-])CC1. The summed E-state index contributed by atoms with van der Waals surface area (Å²) in [6, 6.07) is 7.58. The van der Waals surface area contributed by atoms with Gasteiger partial charge >= 0.3 is 5.69 Å². The molecule has 1 aromatic carbocycles. The van der Waals surface area contributed by atoms with Gasteiger partial charge in [0.1, 0.15) is 6.33 Å². The zero-order valence-electron chi connectivity index (χ0n) is 15.4. The number of nitrogens with one attached hydrogen (secondary N) is 1. The van der Waals surface area contributed by atoms with Crippen LogP contribution in [0.2, 0.25) is 5.02 Å². The molecule has 3 rings (SSSR count). The van der Waals surface area contributed by atoms with Gasteiger partial charge in [0.15, 0.2) is 0 Å². The minimum Gasteiger partial charge on any atom is -0.360 e. The van der Waals surface area contributed by atoms with E-state index in [2.05, 4.69) is 27.2 Å². The number of nitro groups is 1. The van der Waals surface area contributed by atoms with Crippen LogP contribution in [0, 0.1) is 10.1 Å². The molecule has 1 aliphatic rings. The Hall–Kier alpha value is -2.45.